The number of nitrogens with zero attached hydrogens (tertiary/aromatic N) is 2. The van der Waals surface area contributed by atoms with Crippen LogP contribution in [0.25, 0.3) is 0 Å². The summed E-state index contributed by atoms with van der Waals surface area (Å²) < 4.78 is 0. The number of anilines is 1. The zero-order valence-electron chi connectivity index (χ0n) is 12.1. The first kappa shape index (κ1) is 22.4. The van der Waals surface area contributed by atoms with E-state index in [1.807, 2.05) is 0 Å². The van der Waals surface area contributed by atoms with E-state index in [0.29, 0.717) is 11.3 Å². The molecule has 0 spiro atoms. The molecule has 12 heteroatoms. The summed E-state index contributed by atoms with van der Waals surface area (Å²) in [6.45, 7) is -1.57. The van der Waals surface area contributed by atoms with Crippen LogP contribution in [0.5, 0.6) is 0 Å². The van der Waals surface area contributed by atoms with Crippen LogP contribution in [0.2, 0.25) is 0 Å². The van der Waals surface area contributed by atoms with E-state index in [1.165, 1.54) is 0 Å². The van der Waals surface area contributed by atoms with Gasteiger partial charge >= 0.3 is 23.9 Å². The van der Waals surface area contributed by atoms with Gasteiger partial charge in [0.05, 0.1) is 12.0 Å². The Hall–Kier alpha value is -1.65. The van der Waals surface area contributed by atoms with Gasteiger partial charge in [0.15, 0.2) is 0 Å². The van der Waals surface area contributed by atoms with E-state index in [0.717, 1.165) is 4.90 Å². The number of nitriles is 1. The van der Waals surface area contributed by atoms with Crippen LogP contribution in [0.1, 0.15) is 23.7 Å². The molecular weight excluding hydrogens is 420 g/mol. The van der Waals surface area contributed by atoms with Crippen LogP contribution in [0.3, 0.4) is 0 Å². The van der Waals surface area contributed by atoms with Gasteiger partial charge in [0.25, 0.3) is 0 Å². The molecule has 1 heterocycles. The van der Waals surface area contributed by atoms with Gasteiger partial charge < -0.3 is 25.3 Å². The second kappa shape index (κ2) is 9.60. The minimum absolute atomic E-state index is 0. The van der Waals surface area contributed by atoms with E-state index < -0.39 is 48.3 Å². The SMILES string of the molecule is N#Cc1c(N(CC(=O)O)CC(=O)O)sc(C(=O)O)c1CC(=O)O.[HH].[HH].[Sr]. The maximum atomic E-state index is 11.2. The Morgan fingerprint density at radius 2 is 1.54 bits per heavy atom. The van der Waals surface area contributed by atoms with Gasteiger partial charge in [-0.3, -0.25) is 14.4 Å². The minimum atomic E-state index is -1.49. The zero-order valence-corrected chi connectivity index (χ0v) is 16.3. The third-order valence-electron chi connectivity index (χ3n) is 2.56. The van der Waals surface area contributed by atoms with Crippen molar-refractivity contribution < 1.29 is 42.5 Å². The summed E-state index contributed by atoms with van der Waals surface area (Å²) in [7, 11) is 0. The molecule has 1 aromatic heterocycles. The maximum Gasteiger partial charge on any atom is 0.346 e. The average Bonchev–Trinajstić information content (AvgIpc) is 2.74. The summed E-state index contributed by atoms with van der Waals surface area (Å²) in [5.74, 6) is -5.64. The van der Waals surface area contributed by atoms with Gasteiger partial charge in [-0.05, 0) is 0 Å². The summed E-state index contributed by atoms with van der Waals surface area (Å²) in [5.41, 5.74) is -0.634. The summed E-state index contributed by atoms with van der Waals surface area (Å²) >= 11 is 0.467. The Morgan fingerprint density at radius 3 is 1.88 bits per heavy atom. The van der Waals surface area contributed by atoms with Crippen molar-refractivity contribution in [2.45, 2.75) is 6.42 Å². The van der Waals surface area contributed by atoms with Crippen molar-refractivity contribution in [3.63, 3.8) is 0 Å². The summed E-state index contributed by atoms with van der Waals surface area (Å²) in [5, 5.41) is 44.6. The smallest absolute Gasteiger partial charge is 0.346 e. The number of aromatic carboxylic acids is 1. The van der Waals surface area contributed by atoms with E-state index in [4.69, 9.17) is 20.4 Å². The molecule has 1 aromatic rings. The van der Waals surface area contributed by atoms with Crippen LogP contribution >= 0.6 is 11.3 Å². The van der Waals surface area contributed by atoms with Crippen LogP contribution in [0.4, 0.5) is 5.00 Å². The third kappa shape index (κ3) is 5.77. The fourth-order valence-electron chi connectivity index (χ4n) is 1.81. The third-order valence-corrected chi connectivity index (χ3v) is 3.84. The van der Waals surface area contributed by atoms with Gasteiger partial charge in [0, 0.05) is 53.9 Å². The van der Waals surface area contributed by atoms with Crippen molar-refractivity contribution in [2.75, 3.05) is 18.0 Å². The van der Waals surface area contributed by atoms with E-state index in [9.17, 15) is 24.4 Å². The van der Waals surface area contributed by atoms with E-state index in [1.54, 1.807) is 6.07 Å². The summed E-state index contributed by atoms with van der Waals surface area (Å²) in [6, 6.07) is 1.63. The molecule has 0 atom stereocenters. The minimum Gasteiger partial charge on any atom is -0.481 e. The molecule has 0 saturated carbocycles. The van der Waals surface area contributed by atoms with E-state index >= 15 is 0 Å². The molecule has 0 bridgehead atoms. The fraction of sp³-hybridized carbons (Fsp3) is 0.250. The number of carboxylic acid groups (broad SMARTS) is 4. The number of hydrogen-bond acceptors (Lipinski definition) is 7. The van der Waals surface area contributed by atoms with Crippen molar-refractivity contribution in [3.05, 3.63) is 16.0 Å². The summed E-state index contributed by atoms with van der Waals surface area (Å²) in [4.78, 5) is 44.1. The quantitative estimate of drug-likeness (QED) is 0.409. The first-order valence-electron chi connectivity index (χ1n) is 5.86. The predicted octanol–water partition coefficient (Wildman–Crippen LogP) is 0.0319. The number of thiophene rings is 1. The molecule has 0 aliphatic heterocycles. The number of carboxylic acids is 4. The van der Waals surface area contributed by atoms with Gasteiger partial charge in [0.1, 0.15) is 29.0 Å². The average molecular weight is 434 g/mol. The van der Waals surface area contributed by atoms with Crippen LogP contribution < -0.4 is 4.90 Å². The number of hydrogen-bond donors (Lipinski definition) is 4. The van der Waals surface area contributed by atoms with Crippen molar-refractivity contribution >= 4 is 85.7 Å². The van der Waals surface area contributed by atoms with Crippen molar-refractivity contribution in [3.8, 4) is 6.07 Å². The fourth-order valence-corrected chi connectivity index (χ4v) is 2.92. The zero-order chi connectivity index (χ0) is 17.7. The Balaban J connectivity index is -0.00000176. The standard InChI is InChI=1S/C12H10N2O8S.Sr.2H2/c13-2-6-5(1-7(15)16)10(12(21)22)23-11(6)14(3-8(17)18)4-9(19)20;;;/h1,3-4H2,(H,15,16)(H,17,18)(H,19,20)(H,21,22);;2*1H. The van der Waals surface area contributed by atoms with Gasteiger partial charge in [-0.1, -0.05) is 0 Å². The second-order valence-electron chi connectivity index (χ2n) is 4.22. The first-order chi connectivity index (χ1) is 10.7. The first-order valence-corrected chi connectivity index (χ1v) is 6.68. The largest absolute Gasteiger partial charge is 0.481 e. The molecule has 128 valence electrons. The molecule has 0 fully saturated rings. The Morgan fingerprint density at radius 1 is 1.04 bits per heavy atom. The van der Waals surface area contributed by atoms with Gasteiger partial charge in [-0.2, -0.15) is 5.26 Å². The molecule has 1 rings (SSSR count). The number of aliphatic carboxylic acids is 3. The van der Waals surface area contributed by atoms with E-state index in [-0.39, 0.29) is 64.5 Å². The predicted molar refractivity (Wildman–Crippen MR) is 84.8 cm³/mol. The van der Waals surface area contributed by atoms with Gasteiger partial charge in [-0.15, -0.1) is 11.3 Å². The molecule has 2 radical (unpaired) electrons. The van der Waals surface area contributed by atoms with Gasteiger partial charge in [-0.25, -0.2) is 4.79 Å². The Labute approximate surface area is 178 Å². The maximum absolute atomic E-state index is 11.2. The molecule has 0 aromatic carbocycles. The molecule has 0 aliphatic carbocycles. The van der Waals surface area contributed by atoms with Crippen molar-refractivity contribution in [2.24, 2.45) is 0 Å². The number of carbonyl (C=O) groups is 4. The Bertz CT molecular complexity index is 718. The van der Waals surface area contributed by atoms with Crippen molar-refractivity contribution in [1.29, 1.82) is 5.26 Å². The molecule has 0 saturated heterocycles. The Kier molecular flexibility index (Phi) is 8.94. The van der Waals surface area contributed by atoms with Crippen LogP contribution in [-0.4, -0.2) is 103 Å². The second-order valence-corrected chi connectivity index (χ2v) is 5.22. The molecule has 0 aliphatic rings. The molecule has 10 nitrogen and oxygen atoms in total. The summed E-state index contributed by atoms with van der Waals surface area (Å²) in [6.07, 6.45) is -0.755. The van der Waals surface area contributed by atoms with Crippen LogP contribution in [0, 0.1) is 11.3 Å². The topological polar surface area (TPSA) is 176 Å². The van der Waals surface area contributed by atoms with Gasteiger partial charge in [0.2, 0.25) is 0 Å². The molecule has 4 N–H and O–H groups in total. The molecule has 24 heavy (non-hydrogen) atoms. The molecule has 0 amide bonds. The molecule has 0 unspecified atom stereocenters. The monoisotopic (exact) mass is 434 g/mol. The van der Waals surface area contributed by atoms with Crippen LogP contribution in [0.15, 0.2) is 0 Å². The van der Waals surface area contributed by atoms with Crippen LogP contribution in [-0.2, 0) is 20.8 Å². The normalized spacial score (nSPS) is 9.46. The molecular formula is C12H14N2O8SSr. The van der Waals surface area contributed by atoms with Crippen molar-refractivity contribution in [1.82, 2.24) is 0 Å². The van der Waals surface area contributed by atoms with E-state index in [2.05, 4.69) is 0 Å². The number of rotatable bonds is 8.